The molecule has 2 atom stereocenters. The van der Waals surface area contributed by atoms with Crippen molar-refractivity contribution in [2.24, 2.45) is 9.98 Å². The van der Waals surface area contributed by atoms with Crippen LogP contribution in [-0.4, -0.2) is 36.0 Å². The summed E-state index contributed by atoms with van der Waals surface area (Å²) in [7, 11) is 0. The number of hydrogen-bond acceptors (Lipinski definition) is 3. The molecule has 18 heavy (non-hydrogen) atoms. The summed E-state index contributed by atoms with van der Waals surface area (Å²) in [5.41, 5.74) is 0. The molecule has 0 saturated heterocycles. The molecule has 0 bridgehead atoms. The van der Waals surface area contributed by atoms with Crippen LogP contribution >= 0.6 is 0 Å². The summed E-state index contributed by atoms with van der Waals surface area (Å²) in [4.78, 5) is 23.0. The van der Waals surface area contributed by atoms with Gasteiger partial charge in [-0.2, -0.15) is 0 Å². The van der Waals surface area contributed by atoms with Crippen LogP contribution in [-0.2, 0) is 4.79 Å². The van der Waals surface area contributed by atoms with Crippen LogP contribution in [0.15, 0.2) is 34.3 Å². The van der Waals surface area contributed by atoms with Crippen molar-refractivity contribution in [3.8, 4) is 0 Å². The van der Waals surface area contributed by atoms with Crippen LogP contribution in [0.25, 0.3) is 0 Å². The lowest BCUT2D eigenvalue weighted by molar-refractivity contribution is -0.120. The van der Waals surface area contributed by atoms with Gasteiger partial charge in [-0.05, 0) is 32.1 Å². The number of carbonyl (C=O) groups excluding carboxylic acids is 1. The number of para-hydroxylation sites is 2. The molecule has 2 rings (SSSR count). The molecule has 0 saturated carbocycles. The zero-order valence-corrected chi connectivity index (χ0v) is 11.1. The van der Waals surface area contributed by atoms with E-state index >= 15 is 0 Å². The van der Waals surface area contributed by atoms with Crippen molar-refractivity contribution < 1.29 is 4.79 Å². The van der Waals surface area contributed by atoms with Gasteiger partial charge in [-0.3, -0.25) is 14.7 Å². The quantitative estimate of drug-likeness (QED) is 0.778. The van der Waals surface area contributed by atoms with Crippen LogP contribution in [0.5, 0.6) is 0 Å². The van der Waals surface area contributed by atoms with Gasteiger partial charge in [0.25, 0.3) is 5.91 Å². The first-order valence-electron chi connectivity index (χ1n) is 6.46. The molecule has 1 aromatic rings. The van der Waals surface area contributed by atoms with Crippen LogP contribution in [0.3, 0.4) is 0 Å². The van der Waals surface area contributed by atoms with Gasteiger partial charge in [0.05, 0.1) is 10.7 Å². The summed E-state index contributed by atoms with van der Waals surface area (Å²) in [5, 5.41) is 1.51. The molecule has 0 fully saturated rings. The van der Waals surface area contributed by atoms with Gasteiger partial charge in [-0.25, -0.2) is 4.99 Å². The number of rotatable bonds is 4. The second-order valence-corrected chi connectivity index (χ2v) is 4.47. The first kappa shape index (κ1) is 12.9. The third-order valence-electron chi connectivity index (χ3n) is 3.49. The SMILES string of the molecule is CCN(CC)C(C)C1N=c2ccccc2=NC1=O. The third kappa shape index (κ3) is 2.34. The largest absolute Gasteiger partial charge is 0.299 e. The van der Waals surface area contributed by atoms with Crippen molar-refractivity contribution in [2.75, 3.05) is 13.1 Å². The lowest BCUT2D eigenvalue weighted by Crippen LogP contribution is -2.48. The highest BCUT2D eigenvalue weighted by Crippen LogP contribution is 2.10. The topological polar surface area (TPSA) is 45.0 Å². The van der Waals surface area contributed by atoms with E-state index < -0.39 is 0 Å². The van der Waals surface area contributed by atoms with E-state index in [0.717, 1.165) is 18.4 Å². The number of nitrogens with zero attached hydrogens (tertiary/aromatic N) is 3. The third-order valence-corrected chi connectivity index (χ3v) is 3.49. The monoisotopic (exact) mass is 245 g/mol. The van der Waals surface area contributed by atoms with Crippen LogP contribution in [0.4, 0.5) is 0 Å². The molecule has 4 nitrogen and oxygen atoms in total. The first-order valence-corrected chi connectivity index (χ1v) is 6.46. The Hall–Kier alpha value is -1.55. The van der Waals surface area contributed by atoms with Crippen LogP contribution in [0.2, 0.25) is 0 Å². The molecular formula is C14H19N3O. The normalized spacial score (nSPS) is 20.0. The summed E-state index contributed by atoms with van der Waals surface area (Å²) in [6.45, 7) is 8.07. The molecular weight excluding hydrogens is 226 g/mol. The fourth-order valence-corrected chi connectivity index (χ4v) is 2.37. The lowest BCUT2D eigenvalue weighted by atomic mass is 10.1. The van der Waals surface area contributed by atoms with Gasteiger partial charge < -0.3 is 0 Å². The smallest absolute Gasteiger partial charge is 0.272 e. The van der Waals surface area contributed by atoms with Crippen LogP contribution in [0.1, 0.15) is 20.8 Å². The van der Waals surface area contributed by atoms with E-state index in [1.807, 2.05) is 31.2 Å². The van der Waals surface area contributed by atoms with Crippen molar-refractivity contribution in [1.82, 2.24) is 4.90 Å². The molecule has 0 aliphatic carbocycles. The van der Waals surface area contributed by atoms with Gasteiger partial charge in [0, 0.05) is 6.04 Å². The Morgan fingerprint density at radius 1 is 1.22 bits per heavy atom. The summed E-state index contributed by atoms with van der Waals surface area (Å²) >= 11 is 0. The van der Waals surface area contributed by atoms with Crippen LogP contribution < -0.4 is 10.7 Å². The molecule has 0 spiro atoms. The zero-order valence-electron chi connectivity index (χ0n) is 11.1. The summed E-state index contributed by atoms with van der Waals surface area (Å²) in [5.74, 6) is -0.131. The van der Waals surface area contributed by atoms with Gasteiger partial charge in [-0.1, -0.05) is 26.0 Å². The Bertz CT molecular complexity index is 548. The molecule has 1 aliphatic heterocycles. The first-order chi connectivity index (χ1) is 8.67. The van der Waals surface area contributed by atoms with E-state index in [1.165, 1.54) is 0 Å². The fraction of sp³-hybridized carbons (Fsp3) is 0.500. The number of fused-ring (bicyclic) bond motifs is 1. The average Bonchev–Trinajstić information content (AvgIpc) is 2.39. The Labute approximate surface area is 107 Å². The van der Waals surface area contributed by atoms with E-state index in [4.69, 9.17) is 0 Å². The number of likely N-dealkylation sites (N-methyl/N-ethyl adjacent to an activating group) is 1. The standard InChI is InChI=1S/C14H19N3O/c1-4-17(5-2)10(3)13-14(18)16-12-9-7-6-8-11(12)15-13/h6-10,13H,4-5H2,1-3H3. The molecule has 1 aliphatic rings. The van der Waals surface area contributed by atoms with E-state index in [-0.39, 0.29) is 18.0 Å². The van der Waals surface area contributed by atoms with Crippen molar-refractivity contribution in [1.29, 1.82) is 0 Å². The molecule has 1 aromatic carbocycles. The summed E-state index contributed by atoms with van der Waals surface area (Å²) in [6, 6.07) is 7.25. The minimum Gasteiger partial charge on any atom is -0.299 e. The minimum atomic E-state index is -0.375. The second-order valence-electron chi connectivity index (χ2n) is 4.47. The number of amides is 1. The van der Waals surface area contributed by atoms with E-state index in [2.05, 4.69) is 28.7 Å². The van der Waals surface area contributed by atoms with Gasteiger partial charge in [0.2, 0.25) is 0 Å². The number of carbonyl (C=O) groups is 1. The summed E-state index contributed by atoms with van der Waals surface area (Å²) < 4.78 is 0. The van der Waals surface area contributed by atoms with E-state index in [1.54, 1.807) is 0 Å². The molecule has 4 heteroatoms. The van der Waals surface area contributed by atoms with Gasteiger partial charge in [-0.15, -0.1) is 0 Å². The number of benzene rings is 1. The van der Waals surface area contributed by atoms with Crippen molar-refractivity contribution in [3.63, 3.8) is 0 Å². The highest BCUT2D eigenvalue weighted by molar-refractivity contribution is 5.84. The Morgan fingerprint density at radius 2 is 1.83 bits per heavy atom. The molecule has 0 radical (unpaired) electrons. The van der Waals surface area contributed by atoms with Crippen molar-refractivity contribution in [2.45, 2.75) is 32.9 Å². The molecule has 0 aromatic heterocycles. The fourth-order valence-electron chi connectivity index (χ4n) is 2.37. The van der Waals surface area contributed by atoms with Crippen LogP contribution in [0, 0.1) is 0 Å². The molecule has 96 valence electrons. The maximum absolute atomic E-state index is 12.0. The highest BCUT2D eigenvalue weighted by Gasteiger charge is 2.28. The molecule has 2 unspecified atom stereocenters. The highest BCUT2D eigenvalue weighted by atomic mass is 16.1. The second kappa shape index (κ2) is 5.40. The van der Waals surface area contributed by atoms with Gasteiger partial charge in [0.15, 0.2) is 0 Å². The summed E-state index contributed by atoms with van der Waals surface area (Å²) in [6.07, 6.45) is 0. The van der Waals surface area contributed by atoms with Crippen molar-refractivity contribution >= 4 is 5.91 Å². The van der Waals surface area contributed by atoms with E-state index in [0.29, 0.717) is 5.36 Å². The van der Waals surface area contributed by atoms with Gasteiger partial charge >= 0.3 is 0 Å². The van der Waals surface area contributed by atoms with E-state index in [9.17, 15) is 4.79 Å². The average molecular weight is 245 g/mol. The Balaban J connectivity index is 2.37. The Morgan fingerprint density at radius 3 is 2.44 bits per heavy atom. The van der Waals surface area contributed by atoms with Crippen molar-refractivity contribution in [3.05, 3.63) is 35.0 Å². The lowest BCUT2D eigenvalue weighted by Gasteiger charge is -2.30. The maximum Gasteiger partial charge on any atom is 0.272 e. The molecule has 0 N–H and O–H groups in total. The predicted molar refractivity (Wildman–Crippen MR) is 69.9 cm³/mol. The molecule has 1 amide bonds. The minimum absolute atomic E-state index is 0.0876. The maximum atomic E-state index is 12.0. The predicted octanol–water partition coefficient (Wildman–Crippen LogP) is 0.565. The number of hydrogen-bond donors (Lipinski definition) is 0. The molecule has 1 heterocycles. The zero-order chi connectivity index (χ0) is 13.1. The Kier molecular flexibility index (Phi) is 3.87. The van der Waals surface area contributed by atoms with Gasteiger partial charge in [0.1, 0.15) is 6.04 Å².